The van der Waals surface area contributed by atoms with E-state index in [9.17, 15) is 9.18 Å². The summed E-state index contributed by atoms with van der Waals surface area (Å²) < 4.78 is 19.7. The van der Waals surface area contributed by atoms with Crippen LogP contribution in [0.15, 0.2) is 48.5 Å². The minimum atomic E-state index is -0.238. The molecule has 4 rings (SSSR count). The summed E-state index contributed by atoms with van der Waals surface area (Å²) in [6, 6.07) is 14.4. The number of fused-ring (bicyclic) bond motifs is 1. The number of thiazole rings is 1. The average molecular weight is 385 g/mol. The van der Waals surface area contributed by atoms with Gasteiger partial charge in [-0.3, -0.25) is 4.79 Å². The molecule has 0 unspecified atom stereocenters. The Hall–Kier alpha value is -2.51. The van der Waals surface area contributed by atoms with Gasteiger partial charge in [0.1, 0.15) is 17.4 Å². The maximum Gasteiger partial charge on any atom is 0.248 e. The second-order valence-corrected chi connectivity index (χ2v) is 7.53. The third kappa shape index (κ3) is 4.26. The molecule has 2 heterocycles. The Labute approximate surface area is 161 Å². The van der Waals surface area contributed by atoms with Crippen molar-refractivity contribution in [2.75, 3.05) is 37.7 Å². The molecule has 1 fully saturated rings. The van der Waals surface area contributed by atoms with Crippen LogP contribution in [0.5, 0.6) is 0 Å². The third-order valence-electron chi connectivity index (χ3n) is 4.61. The molecule has 7 heteroatoms. The number of hydrogen-bond donors (Lipinski definition) is 0. The van der Waals surface area contributed by atoms with Crippen molar-refractivity contribution in [3.05, 3.63) is 59.4 Å². The molecule has 0 bridgehead atoms. The van der Waals surface area contributed by atoms with Crippen LogP contribution in [0.4, 0.5) is 10.1 Å². The Morgan fingerprint density at radius 3 is 2.56 bits per heavy atom. The van der Waals surface area contributed by atoms with Gasteiger partial charge in [0.2, 0.25) is 5.91 Å². The molecule has 5 nitrogen and oxygen atoms in total. The molecule has 3 aromatic rings. The number of piperazine rings is 1. The summed E-state index contributed by atoms with van der Waals surface area (Å²) in [6.07, 6.45) is 0. The van der Waals surface area contributed by atoms with Crippen molar-refractivity contribution < 1.29 is 13.9 Å². The molecule has 0 aliphatic carbocycles. The number of hydrogen-bond acceptors (Lipinski definition) is 5. The van der Waals surface area contributed by atoms with E-state index in [2.05, 4.69) is 9.88 Å². The Morgan fingerprint density at radius 1 is 1.07 bits per heavy atom. The molecule has 0 spiro atoms. The van der Waals surface area contributed by atoms with Crippen molar-refractivity contribution in [3.8, 4) is 0 Å². The van der Waals surface area contributed by atoms with Crippen molar-refractivity contribution in [2.45, 2.75) is 6.61 Å². The second kappa shape index (κ2) is 8.02. The first-order valence-electron chi connectivity index (χ1n) is 8.89. The van der Waals surface area contributed by atoms with E-state index in [-0.39, 0.29) is 18.3 Å². The number of halogens is 1. The molecule has 0 saturated carbocycles. The summed E-state index contributed by atoms with van der Waals surface area (Å²) in [4.78, 5) is 20.8. The summed E-state index contributed by atoms with van der Waals surface area (Å²) in [5.74, 6) is -0.243. The van der Waals surface area contributed by atoms with Crippen LogP contribution in [0.3, 0.4) is 0 Å². The van der Waals surface area contributed by atoms with Crippen LogP contribution >= 0.6 is 11.3 Å². The van der Waals surface area contributed by atoms with E-state index in [0.717, 1.165) is 34.0 Å². The summed E-state index contributed by atoms with van der Waals surface area (Å²) in [6.45, 7) is 3.15. The van der Waals surface area contributed by atoms with Gasteiger partial charge < -0.3 is 14.5 Å². The van der Waals surface area contributed by atoms with Crippen molar-refractivity contribution in [1.82, 2.24) is 9.88 Å². The number of amides is 1. The van der Waals surface area contributed by atoms with Gasteiger partial charge in [0.15, 0.2) is 0 Å². The highest BCUT2D eigenvalue weighted by Crippen LogP contribution is 2.22. The van der Waals surface area contributed by atoms with E-state index in [0.29, 0.717) is 19.7 Å². The lowest BCUT2D eigenvalue weighted by molar-refractivity contribution is -0.136. The Morgan fingerprint density at radius 2 is 1.81 bits per heavy atom. The second-order valence-electron chi connectivity index (χ2n) is 6.41. The van der Waals surface area contributed by atoms with Crippen LogP contribution in [0.25, 0.3) is 10.2 Å². The zero-order valence-corrected chi connectivity index (χ0v) is 15.6. The third-order valence-corrected chi connectivity index (χ3v) is 5.62. The van der Waals surface area contributed by atoms with Gasteiger partial charge in [-0.2, -0.15) is 0 Å². The normalized spacial score (nSPS) is 14.7. The topological polar surface area (TPSA) is 45.7 Å². The molecule has 1 amide bonds. The predicted molar refractivity (Wildman–Crippen MR) is 104 cm³/mol. The molecule has 0 N–H and O–H groups in total. The van der Waals surface area contributed by atoms with Crippen LogP contribution < -0.4 is 4.90 Å². The lowest BCUT2D eigenvalue weighted by Crippen LogP contribution is -2.49. The van der Waals surface area contributed by atoms with Gasteiger partial charge in [-0.1, -0.05) is 12.1 Å². The smallest absolute Gasteiger partial charge is 0.248 e. The maximum absolute atomic E-state index is 13.0. The number of ether oxygens (including phenoxy) is 1. The highest BCUT2D eigenvalue weighted by Gasteiger charge is 2.21. The highest BCUT2D eigenvalue weighted by atomic mass is 32.1. The minimum Gasteiger partial charge on any atom is -0.368 e. The van der Waals surface area contributed by atoms with Gasteiger partial charge in [0.05, 0.1) is 16.8 Å². The fourth-order valence-corrected chi connectivity index (χ4v) is 4.07. The summed E-state index contributed by atoms with van der Waals surface area (Å²) in [5, 5.41) is 0.880. The SMILES string of the molecule is O=C(COCc1nc2ccccc2s1)N1CCN(c2ccc(F)cc2)CC1. The lowest BCUT2D eigenvalue weighted by Gasteiger charge is -2.36. The summed E-state index contributed by atoms with van der Waals surface area (Å²) in [7, 11) is 0. The molecule has 1 aliphatic heterocycles. The number of carbonyl (C=O) groups is 1. The van der Waals surface area contributed by atoms with Crippen molar-refractivity contribution in [3.63, 3.8) is 0 Å². The molecule has 1 aromatic heterocycles. The summed E-state index contributed by atoms with van der Waals surface area (Å²) >= 11 is 1.59. The molecule has 0 atom stereocenters. The number of carbonyl (C=O) groups excluding carboxylic acids is 1. The van der Waals surface area contributed by atoms with Crippen molar-refractivity contribution >= 4 is 33.1 Å². The van der Waals surface area contributed by atoms with Crippen LogP contribution in [0.2, 0.25) is 0 Å². The van der Waals surface area contributed by atoms with Gasteiger partial charge >= 0.3 is 0 Å². The van der Waals surface area contributed by atoms with E-state index in [1.165, 1.54) is 12.1 Å². The van der Waals surface area contributed by atoms with Crippen LogP contribution in [0, 0.1) is 5.82 Å². The average Bonchev–Trinajstić information content (AvgIpc) is 3.11. The van der Waals surface area contributed by atoms with Crippen molar-refractivity contribution in [2.24, 2.45) is 0 Å². The van der Waals surface area contributed by atoms with E-state index < -0.39 is 0 Å². The number of rotatable bonds is 5. The van der Waals surface area contributed by atoms with Gasteiger partial charge in [-0.15, -0.1) is 11.3 Å². The van der Waals surface area contributed by atoms with Gasteiger partial charge in [-0.25, -0.2) is 9.37 Å². The largest absolute Gasteiger partial charge is 0.368 e. The predicted octanol–water partition coefficient (Wildman–Crippen LogP) is 3.30. The van der Waals surface area contributed by atoms with Crippen LogP contribution in [-0.2, 0) is 16.1 Å². The van der Waals surface area contributed by atoms with Gasteiger partial charge in [0.25, 0.3) is 0 Å². The number of para-hydroxylation sites is 1. The standard InChI is InChI=1S/C20H20FN3O2S/c21-15-5-7-16(8-6-15)23-9-11-24(12-10-23)20(25)14-26-13-19-22-17-3-1-2-4-18(17)27-19/h1-8H,9-14H2. The zero-order chi connectivity index (χ0) is 18.6. The molecule has 140 valence electrons. The fourth-order valence-electron chi connectivity index (χ4n) is 3.16. The first kappa shape index (κ1) is 17.9. The van der Waals surface area contributed by atoms with Crippen LogP contribution in [-0.4, -0.2) is 48.6 Å². The molecule has 0 radical (unpaired) electrons. The van der Waals surface area contributed by atoms with Crippen LogP contribution in [0.1, 0.15) is 5.01 Å². The zero-order valence-electron chi connectivity index (χ0n) is 14.8. The highest BCUT2D eigenvalue weighted by molar-refractivity contribution is 7.18. The number of anilines is 1. The lowest BCUT2D eigenvalue weighted by atomic mass is 10.2. The molecule has 1 saturated heterocycles. The molecular formula is C20H20FN3O2S. The van der Waals surface area contributed by atoms with E-state index in [4.69, 9.17) is 4.74 Å². The van der Waals surface area contributed by atoms with Crippen molar-refractivity contribution in [1.29, 1.82) is 0 Å². The number of nitrogens with zero attached hydrogens (tertiary/aromatic N) is 3. The van der Waals surface area contributed by atoms with Gasteiger partial charge in [0, 0.05) is 31.9 Å². The first-order valence-corrected chi connectivity index (χ1v) is 9.71. The monoisotopic (exact) mass is 385 g/mol. The Balaban J connectivity index is 1.24. The molecular weight excluding hydrogens is 365 g/mol. The van der Waals surface area contributed by atoms with E-state index in [1.54, 1.807) is 23.5 Å². The number of aromatic nitrogens is 1. The molecule has 27 heavy (non-hydrogen) atoms. The number of benzene rings is 2. The summed E-state index contributed by atoms with van der Waals surface area (Å²) in [5.41, 5.74) is 1.94. The molecule has 2 aromatic carbocycles. The maximum atomic E-state index is 13.0. The van der Waals surface area contributed by atoms with Gasteiger partial charge in [-0.05, 0) is 36.4 Å². The fraction of sp³-hybridized carbons (Fsp3) is 0.300. The molecule has 1 aliphatic rings. The quantitative estimate of drug-likeness (QED) is 0.676. The van der Waals surface area contributed by atoms with E-state index >= 15 is 0 Å². The first-order chi connectivity index (χ1) is 13.2. The Bertz CT molecular complexity index is 887. The Kier molecular flexibility index (Phi) is 5.31. The minimum absolute atomic E-state index is 0.00475. The van der Waals surface area contributed by atoms with E-state index in [1.807, 2.05) is 29.2 Å².